The van der Waals surface area contributed by atoms with Crippen molar-refractivity contribution in [2.45, 2.75) is 19.9 Å². The van der Waals surface area contributed by atoms with Crippen LogP contribution in [0.5, 0.6) is 0 Å². The molecule has 1 aliphatic heterocycles. The number of ether oxygens (including phenoxy) is 1. The fourth-order valence-electron chi connectivity index (χ4n) is 2.18. The molecule has 0 saturated carbocycles. The third-order valence-electron chi connectivity index (χ3n) is 3.55. The first-order chi connectivity index (χ1) is 11.2. The van der Waals surface area contributed by atoms with Crippen LogP contribution in [0.3, 0.4) is 0 Å². The Hall–Kier alpha value is -2.45. The van der Waals surface area contributed by atoms with E-state index in [-0.39, 0.29) is 12.5 Å². The van der Waals surface area contributed by atoms with Gasteiger partial charge in [-0.3, -0.25) is 4.79 Å². The molecule has 1 saturated heterocycles. The predicted octanol–water partition coefficient (Wildman–Crippen LogP) is 3.40. The third kappa shape index (κ3) is 2.98. The lowest BCUT2D eigenvalue weighted by Gasteiger charge is -2.21. The first-order valence-electron chi connectivity index (χ1n) is 6.86. The monoisotopic (exact) mass is 349 g/mol. The maximum Gasteiger partial charge on any atom is 0.417 e. The van der Waals surface area contributed by atoms with Crippen molar-refractivity contribution in [2.24, 2.45) is 5.92 Å². The summed E-state index contributed by atoms with van der Waals surface area (Å²) in [5.41, 5.74) is -1.27. The molecule has 1 heterocycles. The van der Waals surface area contributed by atoms with Gasteiger partial charge in [0.15, 0.2) is 23.3 Å². The number of hydrogen-bond acceptors (Lipinski definition) is 3. The summed E-state index contributed by atoms with van der Waals surface area (Å²) >= 11 is 0. The molecule has 9 heteroatoms. The lowest BCUT2D eigenvalue weighted by molar-refractivity contribution is -0.124. The van der Waals surface area contributed by atoms with Crippen molar-refractivity contribution < 1.29 is 36.3 Å². The van der Waals surface area contributed by atoms with Gasteiger partial charge < -0.3 is 4.74 Å². The van der Waals surface area contributed by atoms with Crippen LogP contribution < -0.4 is 0 Å². The molecule has 0 bridgehead atoms. The van der Waals surface area contributed by atoms with Crippen LogP contribution in [0.25, 0.3) is 6.08 Å². The van der Waals surface area contributed by atoms with Crippen molar-refractivity contribution in [1.82, 2.24) is 4.90 Å². The molecule has 4 nitrogen and oxygen atoms in total. The molecule has 1 aromatic carbocycles. The van der Waals surface area contributed by atoms with Gasteiger partial charge in [-0.1, -0.05) is 13.8 Å². The zero-order valence-corrected chi connectivity index (χ0v) is 12.6. The Kier molecular flexibility index (Phi) is 4.91. The number of carbonyl (C=O) groups is 2. The Balaban J connectivity index is 2.35. The van der Waals surface area contributed by atoms with E-state index in [1.807, 2.05) is 0 Å². The standard InChI is InChI=1S/C15H12F5NO3/c1-6(2)8-5-24-15(23)21(8)9(22)4-3-7-10(16)12(18)14(20)13(19)11(7)17/h3-4,6,8H,5H2,1-2H3/b4-3+/t8-/m1/s1. The molecule has 0 radical (unpaired) electrons. The van der Waals surface area contributed by atoms with E-state index in [1.54, 1.807) is 13.8 Å². The van der Waals surface area contributed by atoms with E-state index in [9.17, 15) is 31.5 Å². The van der Waals surface area contributed by atoms with Crippen molar-refractivity contribution >= 4 is 18.1 Å². The van der Waals surface area contributed by atoms with E-state index in [2.05, 4.69) is 0 Å². The third-order valence-corrected chi connectivity index (χ3v) is 3.55. The first-order valence-corrected chi connectivity index (χ1v) is 6.86. The van der Waals surface area contributed by atoms with Gasteiger partial charge in [0.25, 0.3) is 5.91 Å². The van der Waals surface area contributed by atoms with Gasteiger partial charge >= 0.3 is 6.09 Å². The predicted molar refractivity (Wildman–Crippen MR) is 72.1 cm³/mol. The van der Waals surface area contributed by atoms with Crippen molar-refractivity contribution in [3.8, 4) is 0 Å². The molecular formula is C15H12F5NO3. The topological polar surface area (TPSA) is 46.6 Å². The molecule has 0 spiro atoms. The Bertz CT molecular complexity index is 703. The van der Waals surface area contributed by atoms with E-state index in [0.29, 0.717) is 12.2 Å². The minimum atomic E-state index is -2.29. The Morgan fingerprint density at radius 2 is 1.58 bits per heavy atom. The number of imide groups is 1. The highest BCUT2D eigenvalue weighted by molar-refractivity contribution is 6.02. The van der Waals surface area contributed by atoms with Gasteiger partial charge in [-0.15, -0.1) is 0 Å². The molecule has 0 N–H and O–H groups in total. The molecule has 0 aliphatic carbocycles. The summed E-state index contributed by atoms with van der Waals surface area (Å²) in [6, 6.07) is -0.592. The van der Waals surface area contributed by atoms with Gasteiger partial charge in [-0.2, -0.15) is 0 Å². The van der Waals surface area contributed by atoms with Crippen LogP contribution in [-0.2, 0) is 9.53 Å². The summed E-state index contributed by atoms with van der Waals surface area (Å²) in [6.07, 6.45) is 0.0442. The Labute approximate surface area is 133 Å². The van der Waals surface area contributed by atoms with Crippen LogP contribution in [0.2, 0.25) is 0 Å². The molecule has 2 rings (SSSR count). The smallest absolute Gasteiger partial charge is 0.417 e. The van der Waals surface area contributed by atoms with Crippen molar-refractivity contribution in [1.29, 1.82) is 0 Å². The number of carbonyl (C=O) groups excluding carboxylic acids is 2. The molecule has 24 heavy (non-hydrogen) atoms. The van der Waals surface area contributed by atoms with Crippen LogP contribution in [0.15, 0.2) is 6.08 Å². The molecule has 2 amide bonds. The second-order valence-corrected chi connectivity index (χ2v) is 5.41. The number of halogens is 5. The van der Waals surface area contributed by atoms with Gasteiger partial charge in [-0.05, 0) is 12.0 Å². The zero-order valence-electron chi connectivity index (χ0n) is 12.6. The number of hydrogen-bond donors (Lipinski definition) is 0. The lowest BCUT2D eigenvalue weighted by atomic mass is 10.0. The maximum atomic E-state index is 13.5. The average molecular weight is 349 g/mol. The minimum Gasteiger partial charge on any atom is -0.447 e. The van der Waals surface area contributed by atoms with Crippen LogP contribution in [0.4, 0.5) is 26.7 Å². The van der Waals surface area contributed by atoms with Gasteiger partial charge in [0.05, 0.1) is 11.6 Å². The molecular weight excluding hydrogens is 337 g/mol. The van der Waals surface area contributed by atoms with Gasteiger partial charge in [-0.25, -0.2) is 31.6 Å². The second-order valence-electron chi connectivity index (χ2n) is 5.41. The van der Waals surface area contributed by atoms with Crippen molar-refractivity contribution in [3.05, 3.63) is 40.7 Å². The highest BCUT2D eigenvalue weighted by atomic mass is 19.2. The highest BCUT2D eigenvalue weighted by Gasteiger charge is 2.38. The minimum absolute atomic E-state index is 0.0430. The van der Waals surface area contributed by atoms with Gasteiger partial charge in [0.2, 0.25) is 5.82 Å². The van der Waals surface area contributed by atoms with E-state index in [0.717, 1.165) is 4.90 Å². The molecule has 130 valence electrons. The SMILES string of the molecule is CC(C)[C@H]1COC(=O)N1C(=O)/C=C/c1c(F)c(F)c(F)c(F)c1F. The molecule has 1 fully saturated rings. The second kappa shape index (κ2) is 6.58. The summed E-state index contributed by atoms with van der Waals surface area (Å²) in [4.78, 5) is 24.3. The van der Waals surface area contributed by atoms with E-state index < -0.39 is 52.7 Å². The number of cyclic esters (lactones) is 1. The average Bonchev–Trinajstić information content (AvgIpc) is 2.92. The Morgan fingerprint density at radius 1 is 1.08 bits per heavy atom. The van der Waals surface area contributed by atoms with Crippen LogP contribution >= 0.6 is 0 Å². The van der Waals surface area contributed by atoms with Gasteiger partial charge in [0.1, 0.15) is 6.61 Å². The summed E-state index contributed by atoms with van der Waals surface area (Å²) in [7, 11) is 0. The van der Waals surface area contributed by atoms with E-state index >= 15 is 0 Å². The Morgan fingerprint density at radius 3 is 2.08 bits per heavy atom. The highest BCUT2D eigenvalue weighted by Crippen LogP contribution is 2.25. The van der Waals surface area contributed by atoms with Crippen LogP contribution in [0, 0.1) is 35.0 Å². The molecule has 1 aromatic rings. The quantitative estimate of drug-likeness (QED) is 0.364. The number of benzene rings is 1. The maximum absolute atomic E-state index is 13.5. The van der Waals surface area contributed by atoms with Crippen molar-refractivity contribution in [2.75, 3.05) is 6.61 Å². The fraction of sp³-hybridized carbons (Fsp3) is 0.333. The molecule has 0 aromatic heterocycles. The van der Waals surface area contributed by atoms with Gasteiger partial charge in [0, 0.05) is 6.08 Å². The molecule has 1 aliphatic rings. The first kappa shape index (κ1) is 17.9. The zero-order chi connectivity index (χ0) is 18.2. The summed E-state index contributed by atoms with van der Waals surface area (Å²) in [5, 5.41) is 0. The van der Waals surface area contributed by atoms with Crippen LogP contribution in [0.1, 0.15) is 19.4 Å². The normalized spacial score (nSPS) is 17.9. The van der Waals surface area contributed by atoms with E-state index in [1.165, 1.54) is 0 Å². The summed E-state index contributed by atoms with van der Waals surface area (Å²) < 4.78 is 70.9. The largest absolute Gasteiger partial charge is 0.447 e. The number of amides is 2. The van der Waals surface area contributed by atoms with Crippen LogP contribution in [-0.4, -0.2) is 29.5 Å². The fourth-order valence-corrected chi connectivity index (χ4v) is 2.18. The van der Waals surface area contributed by atoms with Crippen molar-refractivity contribution in [3.63, 3.8) is 0 Å². The summed E-state index contributed by atoms with van der Waals surface area (Å²) in [6.45, 7) is 3.40. The summed E-state index contributed by atoms with van der Waals surface area (Å²) in [5.74, 6) is -11.8. The number of nitrogens with zero attached hydrogens (tertiary/aromatic N) is 1. The molecule has 0 unspecified atom stereocenters. The molecule has 1 atom stereocenters. The number of rotatable bonds is 3. The lowest BCUT2D eigenvalue weighted by Crippen LogP contribution is -2.40. The van der Waals surface area contributed by atoms with E-state index in [4.69, 9.17) is 4.74 Å².